The van der Waals surface area contributed by atoms with Gasteiger partial charge in [0.1, 0.15) is 5.82 Å². The quantitative estimate of drug-likeness (QED) is 0.459. The Hall–Kier alpha value is -3.28. The monoisotopic (exact) mass is 472 g/mol. The summed E-state index contributed by atoms with van der Waals surface area (Å²) in [7, 11) is 0. The molecule has 0 radical (unpaired) electrons. The van der Waals surface area contributed by atoms with Crippen LogP contribution in [-0.4, -0.2) is 26.7 Å². The Morgan fingerprint density at radius 1 is 1.26 bits per heavy atom. The van der Waals surface area contributed by atoms with E-state index in [2.05, 4.69) is 35.3 Å². The number of hydrogen-bond acceptors (Lipinski definition) is 3. The number of halogens is 1. The van der Waals surface area contributed by atoms with Gasteiger partial charge in [0.25, 0.3) is 0 Å². The van der Waals surface area contributed by atoms with E-state index in [1.165, 1.54) is 23.3 Å². The molecule has 0 spiro atoms. The van der Waals surface area contributed by atoms with Crippen molar-refractivity contribution < 1.29 is 9.18 Å². The summed E-state index contributed by atoms with van der Waals surface area (Å²) in [5.74, 6) is 0.335. The van der Waals surface area contributed by atoms with Crippen molar-refractivity contribution >= 4 is 12.0 Å². The van der Waals surface area contributed by atoms with Gasteiger partial charge in [0.15, 0.2) is 0 Å². The minimum atomic E-state index is -0.242. The predicted octanol–water partition coefficient (Wildman–Crippen LogP) is 5.68. The van der Waals surface area contributed by atoms with Crippen molar-refractivity contribution in [1.82, 2.24) is 20.1 Å². The predicted molar refractivity (Wildman–Crippen MR) is 135 cm³/mol. The van der Waals surface area contributed by atoms with E-state index in [-0.39, 0.29) is 23.2 Å². The van der Waals surface area contributed by atoms with Gasteiger partial charge in [-0.25, -0.2) is 9.07 Å². The fourth-order valence-corrected chi connectivity index (χ4v) is 6.01. The molecule has 1 saturated carbocycles. The molecule has 0 bridgehead atoms. The van der Waals surface area contributed by atoms with Gasteiger partial charge in [0, 0.05) is 18.4 Å². The first-order valence-corrected chi connectivity index (χ1v) is 12.7. The molecule has 3 aromatic rings. The van der Waals surface area contributed by atoms with Gasteiger partial charge < -0.3 is 5.32 Å². The van der Waals surface area contributed by atoms with Gasteiger partial charge in [-0.15, -0.1) is 0 Å². The zero-order valence-corrected chi connectivity index (χ0v) is 20.5. The van der Waals surface area contributed by atoms with Crippen molar-refractivity contribution in [3.63, 3.8) is 0 Å². The van der Waals surface area contributed by atoms with Gasteiger partial charge >= 0.3 is 0 Å². The second kappa shape index (κ2) is 9.76. The minimum absolute atomic E-state index is 0.0712. The second-order valence-corrected chi connectivity index (χ2v) is 10.3. The summed E-state index contributed by atoms with van der Waals surface area (Å²) < 4.78 is 15.3. The van der Waals surface area contributed by atoms with E-state index < -0.39 is 0 Å². The van der Waals surface area contributed by atoms with Crippen molar-refractivity contribution in [3.8, 4) is 5.69 Å². The van der Waals surface area contributed by atoms with Crippen molar-refractivity contribution in [2.24, 2.45) is 11.3 Å². The first-order valence-electron chi connectivity index (χ1n) is 12.7. The van der Waals surface area contributed by atoms with Gasteiger partial charge in [-0.05, 0) is 91.0 Å². The van der Waals surface area contributed by atoms with Crippen molar-refractivity contribution in [1.29, 1.82) is 0 Å². The number of pyridine rings is 1. The minimum Gasteiger partial charge on any atom is -0.353 e. The third kappa shape index (κ3) is 4.79. The molecular formula is C29H33FN4O. The highest BCUT2D eigenvalue weighted by Crippen LogP contribution is 2.54. The average Bonchev–Trinajstić information content (AvgIpc) is 3.38. The number of allylic oxidation sites excluding steroid dienone is 1. The van der Waals surface area contributed by atoms with Crippen LogP contribution in [0.15, 0.2) is 60.6 Å². The van der Waals surface area contributed by atoms with E-state index in [0.717, 1.165) is 55.5 Å². The molecular weight excluding hydrogens is 439 g/mol. The standard InChI is InChI=1S/C29H33FN4O/c1-3-5-25(33-28(35)14-20-6-4-13-31-18-20)15-22-7-8-23-16-27-21(17-29(22,23)2)19-32-34(27)26-11-9-24(30)10-12-26/h4,6,9-13,16,18-19,22,25H,3,5,7-8,14-15,17H2,1-2H3,(H,33,35)/t22-,25?,29-/m1/s1. The topological polar surface area (TPSA) is 59.8 Å². The second-order valence-electron chi connectivity index (χ2n) is 10.3. The van der Waals surface area contributed by atoms with Crippen LogP contribution in [0.5, 0.6) is 0 Å². The summed E-state index contributed by atoms with van der Waals surface area (Å²) in [4.78, 5) is 16.9. The first-order chi connectivity index (χ1) is 17.0. The van der Waals surface area contributed by atoms with Crippen LogP contribution < -0.4 is 5.32 Å². The van der Waals surface area contributed by atoms with Crippen LogP contribution in [0, 0.1) is 17.2 Å². The largest absolute Gasteiger partial charge is 0.353 e. The van der Waals surface area contributed by atoms with Crippen LogP contribution >= 0.6 is 0 Å². The molecule has 0 saturated heterocycles. The van der Waals surface area contributed by atoms with Crippen molar-refractivity contribution in [3.05, 3.63) is 83.2 Å². The lowest BCUT2D eigenvalue weighted by molar-refractivity contribution is -0.121. The number of carbonyl (C=O) groups is 1. The van der Waals surface area contributed by atoms with E-state index in [0.29, 0.717) is 12.3 Å². The number of aromatic nitrogens is 3. The zero-order valence-electron chi connectivity index (χ0n) is 20.5. The molecule has 2 aromatic heterocycles. The normalized spacial score (nSPS) is 21.7. The summed E-state index contributed by atoms with van der Waals surface area (Å²) >= 11 is 0. The third-order valence-electron chi connectivity index (χ3n) is 7.88. The Kier molecular flexibility index (Phi) is 6.54. The molecule has 1 fully saturated rings. The first kappa shape index (κ1) is 23.5. The molecule has 5 nitrogen and oxygen atoms in total. The van der Waals surface area contributed by atoms with Crippen molar-refractivity contribution in [2.45, 2.75) is 64.8 Å². The van der Waals surface area contributed by atoms with Crippen LogP contribution in [0.2, 0.25) is 0 Å². The smallest absolute Gasteiger partial charge is 0.224 e. The van der Waals surface area contributed by atoms with Crippen LogP contribution in [0.4, 0.5) is 4.39 Å². The lowest BCUT2D eigenvalue weighted by Crippen LogP contribution is -2.40. The molecule has 2 aliphatic rings. The summed E-state index contributed by atoms with van der Waals surface area (Å²) in [5, 5.41) is 7.96. The molecule has 2 aliphatic carbocycles. The lowest BCUT2D eigenvalue weighted by atomic mass is 9.68. The molecule has 3 atom stereocenters. The number of carbonyl (C=O) groups excluding carboxylic acids is 1. The van der Waals surface area contributed by atoms with Crippen LogP contribution in [0.25, 0.3) is 11.8 Å². The molecule has 5 rings (SSSR count). The Labute approximate surface area is 206 Å². The molecule has 35 heavy (non-hydrogen) atoms. The zero-order chi connectivity index (χ0) is 24.4. The van der Waals surface area contributed by atoms with E-state index in [1.807, 2.05) is 23.0 Å². The van der Waals surface area contributed by atoms with Crippen LogP contribution in [-0.2, 0) is 17.6 Å². The number of nitrogens with one attached hydrogen (secondary N) is 1. The molecule has 1 aromatic carbocycles. The summed E-state index contributed by atoms with van der Waals surface area (Å²) in [6.45, 7) is 4.56. The Morgan fingerprint density at radius 3 is 2.83 bits per heavy atom. The lowest BCUT2D eigenvalue weighted by Gasteiger charge is -2.37. The third-order valence-corrected chi connectivity index (χ3v) is 7.88. The molecule has 1 N–H and O–H groups in total. The highest BCUT2D eigenvalue weighted by Gasteiger charge is 2.46. The summed E-state index contributed by atoms with van der Waals surface area (Å²) in [5.41, 5.74) is 5.71. The number of fused-ring (bicyclic) bond motifs is 2. The maximum Gasteiger partial charge on any atom is 0.224 e. The Morgan fingerprint density at radius 2 is 2.09 bits per heavy atom. The molecule has 1 amide bonds. The van der Waals surface area contributed by atoms with E-state index in [9.17, 15) is 9.18 Å². The molecule has 1 unspecified atom stereocenters. The Balaban J connectivity index is 1.31. The van der Waals surface area contributed by atoms with Gasteiger partial charge in [-0.1, -0.05) is 31.9 Å². The molecule has 2 heterocycles. The fraction of sp³-hybridized carbons (Fsp3) is 0.414. The van der Waals surface area contributed by atoms with E-state index in [4.69, 9.17) is 0 Å². The van der Waals surface area contributed by atoms with Crippen LogP contribution in [0.3, 0.4) is 0 Å². The maximum atomic E-state index is 13.4. The highest BCUT2D eigenvalue weighted by atomic mass is 19.1. The highest BCUT2D eigenvalue weighted by molar-refractivity contribution is 5.78. The van der Waals surface area contributed by atoms with Gasteiger partial charge in [-0.2, -0.15) is 5.10 Å². The van der Waals surface area contributed by atoms with Gasteiger partial charge in [0.05, 0.1) is 24.0 Å². The summed E-state index contributed by atoms with van der Waals surface area (Å²) in [6.07, 6.45) is 14.3. The molecule has 6 heteroatoms. The molecule has 182 valence electrons. The van der Waals surface area contributed by atoms with E-state index >= 15 is 0 Å². The summed E-state index contributed by atoms with van der Waals surface area (Å²) in [6, 6.07) is 10.5. The maximum absolute atomic E-state index is 13.4. The van der Waals surface area contributed by atoms with Crippen molar-refractivity contribution in [2.75, 3.05) is 0 Å². The van der Waals surface area contributed by atoms with E-state index in [1.54, 1.807) is 24.5 Å². The Bertz CT molecular complexity index is 1220. The SMILES string of the molecule is CCCC(C[C@H]1CCC2=Cc3c(cnn3-c3ccc(F)cc3)C[C@@]21C)NC(=O)Cc1cccnc1. The number of nitrogens with zero attached hydrogens (tertiary/aromatic N) is 3. The number of benzene rings is 1. The average molecular weight is 473 g/mol. The number of hydrogen-bond donors (Lipinski definition) is 1. The van der Waals surface area contributed by atoms with Crippen LogP contribution in [0.1, 0.15) is 62.8 Å². The number of rotatable bonds is 8. The number of amides is 1. The van der Waals surface area contributed by atoms with Gasteiger partial charge in [-0.3, -0.25) is 9.78 Å². The van der Waals surface area contributed by atoms with Gasteiger partial charge in [0.2, 0.25) is 5.91 Å². The fourth-order valence-electron chi connectivity index (χ4n) is 6.01. The molecule has 0 aliphatic heterocycles.